The van der Waals surface area contributed by atoms with Crippen molar-refractivity contribution in [2.24, 2.45) is 0 Å². The van der Waals surface area contributed by atoms with Crippen molar-refractivity contribution >= 4 is 58.4 Å². The minimum atomic E-state index is -0.181. The summed E-state index contributed by atoms with van der Waals surface area (Å²) in [5, 5.41) is 9.76. The largest absolute Gasteiger partial charge is 0.504 e. The summed E-state index contributed by atoms with van der Waals surface area (Å²) < 4.78 is 11.4. The molecule has 0 saturated carbocycles. The third-order valence-electron chi connectivity index (χ3n) is 5.17. The predicted molar refractivity (Wildman–Crippen MR) is 142 cm³/mol. The molecule has 0 atom stereocenters. The number of thiocarbonyl (C=S) groups is 1. The van der Waals surface area contributed by atoms with Crippen LogP contribution in [-0.2, 0) is 4.79 Å². The van der Waals surface area contributed by atoms with Crippen LogP contribution in [-0.4, -0.2) is 53.6 Å². The lowest BCUT2D eigenvalue weighted by atomic mass is 10.2. The van der Waals surface area contributed by atoms with Gasteiger partial charge in [-0.05, 0) is 67.5 Å². The zero-order valence-corrected chi connectivity index (χ0v) is 21.4. The van der Waals surface area contributed by atoms with Crippen LogP contribution >= 0.6 is 36.4 Å². The fourth-order valence-corrected chi connectivity index (χ4v) is 4.63. The fraction of sp³-hybridized carbons (Fsp3) is 0.333. The van der Waals surface area contributed by atoms with E-state index in [0.29, 0.717) is 27.3 Å². The summed E-state index contributed by atoms with van der Waals surface area (Å²) in [7, 11) is 1.48. The number of nitrogens with zero attached hydrogens (tertiary/aromatic N) is 2. The number of amides is 1. The zero-order chi connectivity index (χ0) is 23.1. The second-order valence-corrected chi connectivity index (χ2v) is 8.85. The Balaban J connectivity index is 0.00000385. The average molecular weight is 509 g/mol. The Hall–Kier alpha value is -2.26. The maximum absolute atomic E-state index is 13.0. The molecule has 0 aliphatic carbocycles. The number of carbonyl (C=O) groups excluding carboxylic acids is 1. The van der Waals surface area contributed by atoms with Crippen LogP contribution in [0.1, 0.15) is 25.8 Å². The normalized spacial score (nSPS) is 14.7. The monoisotopic (exact) mass is 508 g/mol. The molecule has 33 heavy (non-hydrogen) atoms. The Morgan fingerprint density at radius 1 is 1.15 bits per heavy atom. The minimum absolute atomic E-state index is 0. The summed E-state index contributed by atoms with van der Waals surface area (Å²) in [4.78, 5) is 17.4. The van der Waals surface area contributed by atoms with Crippen LogP contribution in [0.3, 0.4) is 0 Å². The van der Waals surface area contributed by atoms with Gasteiger partial charge in [0.2, 0.25) is 0 Å². The standard InChI is InChI=1S/C24H28N2O4S2.ClH/c1-4-25(5-2)13-6-14-30-19-10-8-18(9-11-19)26-23(28)22(32-24(26)31)16-17-7-12-20(27)21(15-17)29-3;/h7-12,15-16,27H,4-6,13-14H2,1-3H3;1H/b22-16-;. The number of phenolic OH excluding ortho intramolecular Hbond substituents is 1. The second kappa shape index (κ2) is 12.8. The number of benzene rings is 2. The van der Waals surface area contributed by atoms with E-state index in [1.165, 1.54) is 29.8 Å². The number of ether oxygens (including phenoxy) is 2. The first-order valence-corrected chi connectivity index (χ1v) is 11.8. The lowest BCUT2D eigenvalue weighted by Gasteiger charge is -2.18. The minimum Gasteiger partial charge on any atom is -0.504 e. The van der Waals surface area contributed by atoms with E-state index >= 15 is 0 Å². The summed E-state index contributed by atoms with van der Waals surface area (Å²) >= 11 is 6.70. The van der Waals surface area contributed by atoms with Gasteiger partial charge in [0.15, 0.2) is 15.8 Å². The van der Waals surface area contributed by atoms with Gasteiger partial charge in [-0.25, -0.2) is 0 Å². The van der Waals surface area contributed by atoms with Crippen molar-refractivity contribution in [2.45, 2.75) is 20.3 Å². The molecule has 2 aromatic rings. The van der Waals surface area contributed by atoms with Crippen molar-refractivity contribution in [3.8, 4) is 17.2 Å². The third kappa shape index (κ3) is 6.86. The smallest absolute Gasteiger partial charge is 0.270 e. The second-order valence-electron chi connectivity index (χ2n) is 7.17. The fourth-order valence-electron chi connectivity index (χ4n) is 3.34. The van der Waals surface area contributed by atoms with Gasteiger partial charge < -0.3 is 19.5 Å². The molecule has 178 valence electrons. The summed E-state index contributed by atoms with van der Waals surface area (Å²) in [6.07, 6.45) is 2.71. The lowest BCUT2D eigenvalue weighted by Crippen LogP contribution is -2.27. The Morgan fingerprint density at radius 2 is 1.85 bits per heavy atom. The van der Waals surface area contributed by atoms with Gasteiger partial charge in [-0.2, -0.15) is 0 Å². The maximum atomic E-state index is 13.0. The maximum Gasteiger partial charge on any atom is 0.270 e. The molecule has 0 radical (unpaired) electrons. The third-order valence-corrected chi connectivity index (χ3v) is 6.47. The number of hydrogen-bond donors (Lipinski definition) is 1. The summed E-state index contributed by atoms with van der Waals surface area (Å²) in [6.45, 7) is 8.07. The first kappa shape index (κ1) is 27.0. The van der Waals surface area contributed by atoms with Crippen molar-refractivity contribution < 1.29 is 19.4 Å². The number of hydrogen-bond acceptors (Lipinski definition) is 7. The number of rotatable bonds is 10. The zero-order valence-electron chi connectivity index (χ0n) is 18.9. The van der Waals surface area contributed by atoms with E-state index in [2.05, 4.69) is 18.7 Å². The molecule has 1 amide bonds. The first-order valence-electron chi connectivity index (χ1n) is 10.6. The van der Waals surface area contributed by atoms with Gasteiger partial charge in [0, 0.05) is 6.54 Å². The molecule has 0 unspecified atom stereocenters. The molecule has 1 fully saturated rings. The Bertz CT molecular complexity index is 994. The highest BCUT2D eigenvalue weighted by Gasteiger charge is 2.33. The van der Waals surface area contributed by atoms with E-state index in [9.17, 15) is 9.90 Å². The SMILES string of the molecule is CCN(CC)CCCOc1ccc(N2C(=O)/C(=C/c3ccc(O)c(OC)c3)SC2=S)cc1.Cl. The van der Waals surface area contributed by atoms with Gasteiger partial charge in [0.1, 0.15) is 5.75 Å². The molecule has 1 aliphatic rings. The Labute approximate surface area is 211 Å². The highest BCUT2D eigenvalue weighted by molar-refractivity contribution is 8.27. The average Bonchev–Trinajstić information content (AvgIpc) is 3.08. The van der Waals surface area contributed by atoms with Crippen LogP contribution in [0.4, 0.5) is 5.69 Å². The van der Waals surface area contributed by atoms with Crippen LogP contribution in [0.15, 0.2) is 47.4 Å². The molecule has 0 aromatic heterocycles. The highest BCUT2D eigenvalue weighted by atomic mass is 35.5. The molecule has 3 rings (SSSR count). The van der Waals surface area contributed by atoms with Crippen LogP contribution in [0.2, 0.25) is 0 Å². The van der Waals surface area contributed by atoms with Crippen molar-refractivity contribution in [3.05, 3.63) is 52.9 Å². The Kier molecular flexibility index (Phi) is 10.5. The lowest BCUT2D eigenvalue weighted by molar-refractivity contribution is -0.113. The molecular formula is C24H29ClN2O4S2. The topological polar surface area (TPSA) is 62.2 Å². The number of carbonyl (C=O) groups is 1. The molecule has 1 aliphatic heterocycles. The molecule has 6 nitrogen and oxygen atoms in total. The van der Waals surface area contributed by atoms with Crippen LogP contribution < -0.4 is 14.4 Å². The molecule has 1 N–H and O–H groups in total. The van der Waals surface area contributed by atoms with Crippen molar-refractivity contribution in [2.75, 3.05) is 38.3 Å². The van der Waals surface area contributed by atoms with Gasteiger partial charge in [0.05, 0.1) is 24.3 Å². The molecule has 1 saturated heterocycles. The van der Waals surface area contributed by atoms with Crippen molar-refractivity contribution in [1.82, 2.24) is 4.90 Å². The van der Waals surface area contributed by atoms with E-state index in [1.54, 1.807) is 18.2 Å². The molecule has 9 heteroatoms. The molecule has 2 aromatic carbocycles. The van der Waals surface area contributed by atoms with Gasteiger partial charge >= 0.3 is 0 Å². The number of methoxy groups -OCH3 is 1. The predicted octanol–water partition coefficient (Wildman–Crippen LogP) is 5.34. The van der Waals surface area contributed by atoms with E-state index in [0.717, 1.165) is 37.4 Å². The van der Waals surface area contributed by atoms with Gasteiger partial charge in [0.25, 0.3) is 5.91 Å². The van der Waals surface area contributed by atoms with E-state index in [1.807, 2.05) is 24.3 Å². The first-order chi connectivity index (χ1) is 15.5. The van der Waals surface area contributed by atoms with E-state index < -0.39 is 0 Å². The quantitative estimate of drug-likeness (QED) is 0.264. The number of thioether (sulfide) groups is 1. The number of aromatic hydroxyl groups is 1. The Morgan fingerprint density at radius 3 is 2.48 bits per heavy atom. The number of halogens is 1. The van der Waals surface area contributed by atoms with Crippen LogP contribution in [0.5, 0.6) is 17.2 Å². The highest BCUT2D eigenvalue weighted by Crippen LogP contribution is 2.37. The molecule has 1 heterocycles. The molecular weight excluding hydrogens is 480 g/mol. The number of anilines is 1. The summed E-state index contributed by atoms with van der Waals surface area (Å²) in [5.74, 6) is 0.986. The van der Waals surface area contributed by atoms with Gasteiger partial charge in [-0.3, -0.25) is 9.69 Å². The number of phenols is 1. The van der Waals surface area contributed by atoms with Crippen LogP contribution in [0.25, 0.3) is 6.08 Å². The summed E-state index contributed by atoms with van der Waals surface area (Å²) in [5.41, 5.74) is 1.45. The summed E-state index contributed by atoms with van der Waals surface area (Å²) in [6, 6.07) is 12.3. The van der Waals surface area contributed by atoms with Crippen LogP contribution in [0, 0.1) is 0 Å². The molecule has 0 bridgehead atoms. The van der Waals surface area contributed by atoms with E-state index in [4.69, 9.17) is 21.7 Å². The molecule has 0 spiro atoms. The van der Waals surface area contributed by atoms with Crippen molar-refractivity contribution in [1.29, 1.82) is 0 Å². The van der Waals surface area contributed by atoms with Gasteiger partial charge in [-0.15, -0.1) is 12.4 Å². The van der Waals surface area contributed by atoms with Gasteiger partial charge in [-0.1, -0.05) is 43.9 Å². The van der Waals surface area contributed by atoms with E-state index in [-0.39, 0.29) is 24.1 Å². The van der Waals surface area contributed by atoms with Crippen molar-refractivity contribution in [3.63, 3.8) is 0 Å².